The van der Waals surface area contributed by atoms with Gasteiger partial charge in [0.15, 0.2) is 0 Å². The first-order chi connectivity index (χ1) is 17.0. The van der Waals surface area contributed by atoms with Crippen molar-refractivity contribution < 1.29 is 19.1 Å². The molecule has 3 aromatic rings. The van der Waals surface area contributed by atoms with Gasteiger partial charge in [0.2, 0.25) is 5.91 Å². The van der Waals surface area contributed by atoms with Gasteiger partial charge in [0.1, 0.15) is 23.4 Å². The Morgan fingerprint density at radius 3 is 2.97 bits per heavy atom. The number of methoxy groups -OCH3 is 1. The van der Waals surface area contributed by atoms with Crippen molar-refractivity contribution in [3.05, 3.63) is 64.6 Å². The SMILES string of the molecule is COc1cccc([C@@H](C)CC(=O)Nc2sc3c(c2C#N)CCN(C(=O)OCCn2ccnc2)C3)c1. The maximum absolute atomic E-state index is 12.8. The second-order valence-electron chi connectivity index (χ2n) is 8.34. The molecule has 2 amide bonds. The molecule has 0 radical (unpaired) electrons. The molecule has 0 unspecified atom stereocenters. The number of imidazole rings is 1. The van der Waals surface area contributed by atoms with Crippen molar-refractivity contribution in [3.63, 3.8) is 0 Å². The van der Waals surface area contributed by atoms with Gasteiger partial charge >= 0.3 is 6.09 Å². The summed E-state index contributed by atoms with van der Waals surface area (Å²) in [5.41, 5.74) is 2.39. The maximum atomic E-state index is 12.8. The van der Waals surface area contributed by atoms with E-state index in [4.69, 9.17) is 9.47 Å². The number of rotatable bonds is 8. The Morgan fingerprint density at radius 2 is 2.23 bits per heavy atom. The molecular formula is C25H27N5O4S. The third-order valence-corrected chi connectivity index (χ3v) is 7.10. The molecular weight excluding hydrogens is 466 g/mol. The van der Waals surface area contributed by atoms with Crippen LogP contribution in [0.2, 0.25) is 0 Å². The lowest BCUT2D eigenvalue weighted by atomic mass is 9.97. The van der Waals surface area contributed by atoms with Crippen LogP contribution in [0.3, 0.4) is 0 Å². The highest BCUT2D eigenvalue weighted by atomic mass is 32.1. The van der Waals surface area contributed by atoms with E-state index in [1.165, 1.54) is 11.3 Å². The maximum Gasteiger partial charge on any atom is 0.410 e. The van der Waals surface area contributed by atoms with E-state index in [0.29, 0.717) is 36.6 Å². The fourth-order valence-electron chi connectivity index (χ4n) is 4.04. The second-order valence-corrected chi connectivity index (χ2v) is 9.44. The third kappa shape index (κ3) is 5.81. The van der Waals surface area contributed by atoms with Gasteiger partial charge in [-0.25, -0.2) is 9.78 Å². The average molecular weight is 494 g/mol. The summed E-state index contributed by atoms with van der Waals surface area (Å²) >= 11 is 1.35. The van der Waals surface area contributed by atoms with Crippen LogP contribution in [0, 0.1) is 11.3 Å². The summed E-state index contributed by atoms with van der Waals surface area (Å²) in [6, 6.07) is 9.89. The van der Waals surface area contributed by atoms with Gasteiger partial charge in [0.25, 0.3) is 0 Å². The molecule has 2 aromatic heterocycles. The summed E-state index contributed by atoms with van der Waals surface area (Å²) in [5, 5.41) is 13.2. The first-order valence-electron chi connectivity index (χ1n) is 11.3. The number of carbonyl (C=O) groups is 2. The number of ether oxygens (including phenoxy) is 2. The molecule has 1 N–H and O–H groups in total. The van der Waals surface area contributed by atoms with Crippen molar-refractivity contribution in [1.82, 2.24) is 14.5 Å². The van der Waals surface area contributed by atoms with Crippen LogP contribution in [-0.2, 0) is 29.0 Å². The molecule has 0 bridgehead atoms. The van der Waals surface area contributed by atoms with Gasteiger partial charge in [-0.3, -0.25) is 4.79 Å². The van der Waals surface area contributed by atoms with Gasteiger partial charge in [-0.1, -0.05) is 19.1 Å². The lowest BCUT2D eigenvalue weighted by molar-refractivity contribution is -0.116. The molecule has 0 fully saturated rings. The van der Waals surface area contributed by atoms with Crippen molar-refractivity contribution >= 4 is 28.3 Å². The molecule has 1 aromatic carbocycles. The number of aromatic nitrogens is 2. The standard InChI is InChI=1S/C25H27N5O4S/c1-17(18-4-3-5-19(13-18)33-2)12-23(31)28-24-21(14-26)20-6-8-30(15-22(20)35-24)25(32)34-11-10-29-9-7-27-16-29/h3-5,7,9,13,16-17H,6,8,10-12,15H2,1-2H3,(H,28,31)/t17-/m0/s1. The number of amides is 2. The zero-order valence-corrected chi connectivity index (χ0v) is 20.5. The van der Waals surface area contributed by atoms with Crippen molar-refractivity contribution in [2.45, 2.75) is 38.8 Å². The Balaban J connectivity index is 1.36. The monoisotopic (exact) mass is 493 g/mol. The van der Waals surface area contributed by atoms with Crippen molar-refractivity contribution in [2.75, 3.05) is 25.6 Å². The Kier molecular flexibility index (Phi) is 7.67. The molecule has 9 nitrogen and oxygen atoms in total. The summed E-state index contributed by atoms with van der Waals surface area (Å²) in [7, 11) is 1.61. The van der Waals surface area contributed by atoms with E-state index in [1.807, 2.05) is 42.0 Å². The Bertz CT molecular complexity index is 1230. The third-order valence-electron chi connectivity index (χ3n) is 5.97. The van der Waals surface area contributed by atoms with E-state index in [2.05, 4.69) is 16.4 Å². The molecule has 182 valence electrons. The van der Waals surface area contributed by atoms with Gasteiger partial charge in [-0.15, -0.1) is 11.3 Å². The molecule has 0 spiro atoms. The molecule has 0 saturated heterocycles. The zero-order chi connectivity index (χ0) is 24.8. The normalized spacial score (nSPS) is 13.5. The molecule has 1 aliphatic rings. The Labute approximate surface area is 207 Å². The van der Waals surface area contributed by atoms with Crippen LogP contribution in [-0.4, -0.2) is 46.7 Å². The summed E-state index contributed by atoms with van der Waals surface area (Å²) in [5.74, 6) is 0.571. The predicted octanol–water partition coefficient (Wildman–Crippen LogP) is 4.15. The second kappa shape index (κ2) is 11.1. The largest absolute Gasteiger partial charge is 0.497 e. The number of thiophene rings is 1. The van der Waals surface area contributed by atoms with E-state index in [0.717, 1.165) is 21.8 Å². The lowest BCUT2D eigenvalue weighted by Gasteiger charge is -2.26. The molecule has 0 saturated carbocycles. The van der Waals surface area contributed by atoms with E-state index in [-0.39, 0.29) is 30.9 Å². The fraction of sp³-hybridized carbons (Fsp3) is 0.360. The number of hydrogen-bond donors (Lipinski definition) is 1. The number of benzene rings is 1. The van der Waals surface area contributed by atoms with Crippen LogP contribution in [0.15, 0.2) is 43.0 Å². The van der Waals surface area contributed by atoms with Gasteiger partial charge < -0.3 is 24.3 Å². The predicted molar refractivity (Wildman–Crippen MR) is 131 cm³/mol. The minimum atomic E-state index is -0.389. The zero-order valence-electron chi connectivity index (χ0n) is 19.7. The number of fused-ring (bicyclic) bond motifs is 1. The molecule has 1 aliphatic heterocycles. The fourth-order valence-corrected chi connectivity index (χ4v) is 5.27. The summed E-state index contributed by atoms with van der Waals surface area (Å²) in [6.07, 6.45) is 5.58. The summed E-state index contributed by atoms with van der Waals surface area (Å²) < 4.78 is 12.5. The highest BCUT2D eigenvalue weighted by molar-refractivity contribution is 7.16. The van der Waals surface area contributed by atoms with E-state index < -0.39 is 0 Å². The minimum absolute atomic E-state index is 0.0159. The van der Waals surface area contributed by atoms with Gasteiger partial charge in [-0.05, 0) is 35.6 Å². The number of nitrogens with one attached hydrogen (secondary N) is 1. The number of nitriles is 1. The Hall–Kier alpha value is -3.84. The molecule has 0 aliphatic carbocycles. The number of anilines is 1. The van der Waals surface area contributed by atoms with E-state index in [1.54, 1.807) is 24.5 Å². The molecule has 1 atom stereocenters. The van der Waals surface area contributed by atoms with Crippen LogP contribution in [0.25, 0.3) is 0 Å². The van der Waals surface area contributed by atoms with Gasteiger partial charge in [-0.2, -0.15) is 5.26 Å². The Morgan fingerprint density at radius 1 is 1.37 bits per heavy atom. The first-order valence-corrected chi connectivity index (χ1v) is 12.2. The average Bonchev–Trinajstić information content (AvgIpc) is 3.50. The number of hydrogen-bond acceptors (Lipinski definition) is 7. The highest BCUT2D eigenvalue weighted by Gasteiger charge is 2.28. The molecule has 4 rings (SSSR count). The summed E-state index contributed by atoms with van der Waals surface area (Å²) in [6.45, 7) is 3.58. The van der Waals surface area contributed by atoms with Gasteiger partial charge in [0, 0.05) is 30.2 Å². The quantitative estimate of drug-likeness (QED) is 0.505. The summed E-state index contributed by atoms with van der Waals surface area (Å²) in [4.78, 5) is 31.8. The van der Waals surface area contributed by atoms with E-state index in [9.17, 15) is 14.9 Å². The van der Waals surface area contributed by atoms with E-state index >= 15 is 0 Å². The molecule has 3 heterocycles. The highest BCUT2D eigenvalue weighted by Crippen LogP contribution is 2.37. The van der Waals surface area contributed by atoms with Crippen LogP contribution >= 0.6 is 11.3 Å². The smallest absolute Gasteiger partial charge is 0.410 e. The van der Waals surface area contributed by atoms with Crippen LogP contribution in [0.5, 0.6) is 5.75 Å². The molecule has 10 heteroatoms. The topological polar surface area (TPSA) is 109 Å². The van der Waals surface area contributed by atoms with Crippen LogP contribution in [0.1, 0.15) is 40.8 Å². The van der Waals surface area contributed by atoms with Crippen molar-refractivity contribution in [1.29, 1.82) is 5.26 Å². The van der Waals surface area contributed by atoms with Crippen LogP contribution < -0.4 is 10.1 Å². The molecule has 35 heavy (non-hydrogen) atoms. The number of carbonyl (C=O) groups excluding carboxylic acids is 2. The van der Waals surface area contributed by atoms with Crippen molar-refractivity contribution in [2.24, 2.45) is 0 Å². The van der Waals surface area contributed by atoms with Gasteiger partial charge in [0.05, 0.1) is 32.1 Å². The lowest BCUT2D eigenvalue weighted by Crippen LogP contribution is -2.36. The first kappa shape index (κ1) is 24.3. The van der Waals surface area contributed by atoms with Crippen LogP contribution in [0.4, 0.5) is 9.80 Å². The minimum Gasteiger partial charge on any atom is -0.497 e. The van der Waals surface area contributed by atoms with Crippen molar-refractivity contribution in [3.8, 4) is 11.8 Å². The number of nitrogens with zero attached hydrogens (tertiary/aromatic N) is 4.